The molecule has 0 radical (unpaired) electrons. The van der Waals surface area contributed by atoms with Crippen molar-refractivity contribution >= 4 is 27.2 Å². The number of nitrogens with zero attached hydrogens (tertiary/aromatic N) is 1. The van der Waals surface area contributed by atoms with Gasteiger partial charge in [-0.2, -0.15) is 0 Å². The lowest BCUT2D eigenvalue weighted by atomic mass is 10.0. The van der Waals surface area contributed by atoms with Crippen LogP contribution in [-0.2, 0) is 4.74 Å². The van der Waals surface area contributed by atoms with Crippen LogP contribution in [0.2, 0.25) is 0 Å². The van der Waals surface area contributed by atoms with Gasteiger partial charge in [0.15, 0.2) is 0 Å². The largest absolute Gasteiger partial charge is 0.470 e. The average molecular weight is 264 g/mol. The van der Waals surface area contributed by atoms with E-state index in [2.05, 4.69) is 4.98 Å². The number of rotatable bonds is 3. The van der Waals surface area contributed by atoms with Crippen molar-refractivity contribution in [2.24, 2.45) is 5.92 Å². The Bertz CT molecular complexity index is 535. The van der Waals surface area contributed by atoms with E-state index in [4.69, 9.17) is 15.2 Å². The number of fused-ring (bicyclic) bond motifs is 1. The van der Waals surface area contributed by atoms with Gasteiger partial charge in [0, 0.05) is 18.9 Å². The van der Waals surface area contributed by atoms with Crippen molar-refractivity contribution in [1.29, 1.82) is 0 Å². The minimum Gasteiger partial charge on any atom is -0.470 e. The summed E-state index contributed by atoms with van der Waals surface area (Å²) in [7, 11) is 0. The van der Waals surface area contributed by atoms with E-state index >= 15 is 0 Å². The lowest BCUT2D eigenvalue weighted by molar-refractivity contribution is 0.0497. The van der Waals surface area contributed by atoms with E-state index < -0.39 is 0 Å². The number of hydrogen-bond donors (Lipinski definition) is 1. The summed E-state index contributed by atoms with van der Waals surface area (Å²) in [4.78, 5) is 4.45. The number of nitrogen functional groups attached to an aromatic ring is 1. The highest BCUT2D eigenvalue weighted by Gasteiger charge is 2.15. The quantitative estimate of drug-likeness (QED) is 0.866. The Hall–Kier alpha value is -1.33. The van der Waals surface area contributed by atoms with Crippen LogP contribution >= 0.6 is 11.3 Å². The Morgan fingerprint density at radius 1 is 1.39 bits per heavy atom. The van der Waals surface area contributed by atoms with Crippen molar-refractivity contribution in [3.63, 3.8) is 0 Å². The number of thiazole rings is 1. The van der Waals surface area contributed by atoms with Crippen LogP contribution in [0, 0.1) is 5.92 Å². The molecule has 2 heterocycles. The van der Waals surface area contributed by atoms with Crippen LogP contribution in [0.1, 0.15) is 12.8 Å². The lowest BCUT2D eigenvalue weighted by Crippen LogP contribution is -2.21. The molecular formula is C13H16N2O2S. The summed E-state index contributed by atoms with van der Waals surface area (Å²) in [5.74, 6) is 0.593. The molecule has 1 aromatic heterocycles. The molecule has 1 fully saturated rings. The molecule has 0 amide bonds. The topological polar surface area (TPSA) is 57.4 Å². The standard InChI is InChI=1S/C13H16N2O2S/c14-10-1-2-11-12(7-10)18-13(15-11)17-8-9-3-5-16-6-4-9/h1-2,7,9H,3-6,8,14H2. The molecule has 18 heavy (non-hydrogen) atoms. The maximum absolute atomic E-state index is 5.78. The molecular weight excluding hydrogens is 248 g/mol. The Morgan fingerprint density at radius 2 is 2.22 bits per heavy atom. The van der Waals surface area contributed by atoms with Crippen LogP contribution in [-0.4, -0.2) is 24.8 Å². The van der Waals surface area contributed by atoms with Gasteiger partial charge in [0.1, 0.15) is 0 Å². The summed E-state index contributed by atoms with van der Waals surface area (Å²) in [6.07, 6.45) is 2.16. The van der Waals surface area contributed by atoms with Crippen LogP contribution < -0.4 is 10.5 Å². The first-order chi connectivity index (χ1) is 8.81. The Morgan fingerprint density at radius 3 is 3.06 bits per heavy atom. The fraction of sp³-hybridized carbons (Fsp3) is 0.462. The second kappa shape index (κ2) is 5.12. The summed E-state index contributed by atoms with van der Waals surface area (Å²) in [6.45, 7) is 2.44. The van der Waals surface area contributed by atoms with Crippen molar-refractivity contribution in [2.45, 2.75) is 12.8 Å². The minimum absolute atomic E-state index is 0.593. The zero-order valence-corrected chi connectivity index (χ0v) is 10.9. The summed E-state index contributed by atoms with van der Waals surface area (Å²) < 4.78 is 12.2. The van der Waals surface area contributed by atoms with Crippen molar-refractivity contribution < 1.29 is 9.47 Å². The van der Waals surface area contributed by atoms with Crippen molar-refractivity contribution in [2.75, 3.05) is 25.6 Å². The third-order valence-electron chi connectivity index (χ3n) is 3.18. The molecule has 0 bridgehead atoms. The number of hydrogen-bond acceptors (Lipinski definition) is 5. The smallest absolute Gasteiger partial charge is 0.274 e. The predicted octanol–water partition coefficient (Wildman–Crippen LogP) is 2.68. The summed E-state index contributed by atoms with van der Waals surface area (Å²) in [5, 5.41) is 0.738. The molecule has 0 atom stereocenters. The zero-order chi connectivity index (χ0) is 12.4. The number of aromatic nitrogens is 1. The van der Waals surface area contributed by atoms with Gasteiger partial charge in [0.05, 0.1) is 16.8 Å². The van der Waals surface area contributed by atoms with Crippen molar-refractivity contribution in [1.82, 2.24) is 4.98 Å². The van der Waals surface area contributed by atoms with Gasteiger partial charge < -0.3 is 15.2 Å². The second-order valence-corrected chi connectivity index (χ2v) is 5.57. The Kier molecular flexibility index (Phi) is 3.34. The van der Waals surface area contributed by atoms with Crippen molar-refractivity contribution in [3.05, 3.63) is 18.2 Å². The molecule has 0 spiro atoms. The highest BCUT2D eigenvalue weighted by Crippen LogP contribution is 2.29. The van der Waals surface area contributed by atoms with Gasteiger partial charge in [0.2, 0.25) is 0 Å². The van der Waals surface area contributed by atoms with E-state index in [0.29, 0.717) is 5.92 Å². The predicted molar refractivity (Wildman–Crippen MR) is 73.1 cm³/mol. The van der Waals surface area contributed by atoms with E-state index in [1.165, 1.54) is 0 Å². The SMILES string of the molecule is Nc1ccc2nc(OCC3CCOCC3)sc2c1. The van der Waals surface area contributed by atoms with Crippen molar-refractivity contribution in [3.8, 4) is 5.19 Å². The third kappa shape index (κ3) is 2.57. The molecule has 2 N–H and O–H groups in total. The first-order valence-electron chi connectivity index (χ1n) is 6.18. The van der Waals surface area contributed by atoms with Crippen LogP contribution in [0.15, 0.2) is 18.2 Å². The molecule has 1 aliphatic heterocycles. The van der Waals surface area contributed by atoms with Gasteiger partial charge in [-0.3, -0.25) is 0 Å². The van der Waals surface area contributed by atoms with Gasteiger partial charge in [-0.05, 0) is 37.0 Å². The number of nitrogens with two attached hydrogens (primary N) is 1. The van der Waals surface area contributed by atoms with E-state index in [9.17, 15) is 0 Å². The van der Waals surface area contributed by atoms with E-state index in [0.717, 1.165) is 53.8 Å². The normalized spacial score (nSPS) is 17.1. The molecule has 0 unspecified atom stereocenters. The van der Waals surface area contributed by atoms with Crippen LogP contribution in [0.4, 0.5) is 5.69 Å². The molecule has 4 nitrogen and oxygen atoms in total. The number of anilines is 1. The lowest BCUT2D eigenvalue weighted by Gasteiger charge is -2.21. The van der Waals surface area contributed by atoms with E-state index in [1.807, 2.05) is 18.2 Å². The summed E-state index contributed by atoms with van der Waals surface area (Å²) in [6, 6.07) is 5.74. The van der Waals surface area contributed by atoms with Crippen LogP contribution in [0.3, 0.4) is 0 Å². The Labute approximate surface area is 110 Å². The molecule has 5 heteroatoms. The fourth-order valence-electron chi connectivity index (χ4n) is 2.08. The molecule has 0 saturated carbocycles. The molecule has 1 saturated heterocycles. The highest BCUT2D eigenvalue weighted by molar-refractivity contribution is 7.20. The average Bonchev–Trinajstić information content (AvgIpc) is 2.79. The van der Waals surface area contributed by atoms with Gasteiger partial charge >= 0.3 is 0 Å². The van der Waals surface area contributed by atoms with E-state index in [-0.39, 0.29) is 0 Å². The first kappa shape index (κ1) is 11.7. The maximum atomic E-state index is 5.78. The fourth-order valence-corrected chi connectivity index (χ4v) is 2.96. The molecule has 1 aliphatic rings. The Balaban J connectivity index is 1.67. The molecule has 3 rings (SSSR count). The van der Waals surface area contributed by atoms with Gasteiger partial charge in [-0.1, -0.05) is 11.3 Å². The molecule has 2 aromatic rings. The van der Waals surface area contributed by atoms with Gasteiger partial charge in [-0.15, -0.1) is 0 Å². The maximum Gasteiger partial charge on any atom is 0.274 e. The third-order valence-corrected chi connectivity index (χ3v) is 4.11. The molecule has 96 valence electrons. The molecule has 1 aromatic carbocycles. The summed E-state index contributed by atoms with van der Waals surface area (Å²) in [5.41, 5.74) is 7.47. The summed E-state index contributed by atoms with van der Waals surface area (Å²) >= 11 is 1.56. The number of benzene rings is 1. The zero-order valence-electron chi connectivity index (χ0n) is 10.1. The monoisotopic (exact) mass is 264 g/mol. The van der Waals surface area contributed by atoms with E-state index in [1.54, 1.807) is 11.3 Å². The van der Waals surface area contributed by atoms with Crippen LogP contribution in [0.25, 0.3) is 10.2 Å². The minimum atomic E-state index is 0.593. The highest BCUT2D eigenvalue weighted by atomic mass is 32.1. The van der Waals surface area contributed by atoms with Gasteiger partial charge in [0.25, 0.3) is 5.19 Å². The van der Waals surface area contributed by atoms with Crippen LogP contribution in [0.5, 0.6) is 5.19 Å². The first-order valence-corrected chi connectivity index (χ1v) is 6.99. The second-order valence-electron chi connectivity index (χ2n) is 4.57. The van der Waals surface area contributed by atoms with Gasteiger partial charge in [-0.25, -0.2) is 4.98 Å². The number of ether oxygens (including phenoxy) is 2. The molecule has 0 aliphatic carbocycles.